The third-order valence-corrected chi connectivity index (χ3v) is 2.77. The molecule has 0 amide bonds. The molecule has 3 nitrogen and oxygen atoms in total. The second-order valence-corrected chi connectivity index (χ2v) is 4.19. The van der Waals surface area contributed by atoms with E-state index in [2.05, 4.69) is 15.3 Å². The molecule has 1 unspecified atom stereocenters. The highest BCUT2D eigenvalue weighted by Gasteiger charge is 2.19. The summed E-state index contributed by atoms with van der Waals surface area (Å²) in [6.07, 6.45) is 1.61. The Morgan fingerprint density at radius 2 is 2.05 bits per heavy atom. The van der Waals surface area contributed by atoms with Gasteiger partial charge in [-0.15, -0.1) is 0 Å². The van der Waals surface area contributed by atoms with Gasteiger partial charge >= 0.3 is 0 Å². The summed E-state index contributed by atoms with van der Waals surface area (Å²) in [7, 11) is 0. The summed E-state index contributed by atoms with van der Waals surface area (Å²) in [6.45, 7) is 4.27. The van der Waals surface area contributed by atoms with E-state index in [1.807, 2.05) is 6.92 Å². The molecule has 2 rings (SSSR count). The number of nitrogens with zero attached hydrogens (tertiary/aromatic N) is 2. The van der Waals surface area contributed by atoms with Crippen LogP contribution in [0.2, 0.25) is 0 Å². The summed E-state index contributed by atoms with van der Waals surface area (Å²) in [5.74, 6) is -0.328. The van der Waals surface area contributed by atoms with Crippen molar-refractivity contribution in [2.24, 2.45) is 0 Å². The lowest BCUT2D eigenvalue weighted by Crippen LogP contribution is -2.24. The maximum absolute atomic E-state index is 13.9. The first kappa shape index (κ1) is 13.5. The van der Waals surface area contributed by atoms with Gasteiger partial charge in [0.1, 0.15) is 17.5 Å². The van der Waals surface area contributed by atoms with Crippen LogP contribution in [0.1, 0.15) is 30.0 Å². The fourth-order valence-corrected chi connectivity index (χ4v) is 1.95. The maximum Gasteiger partial charge on any atom is 0.128 e. The number of aromatic nitrogens is 2. The minimum Gasteiger partial charge on any atom is -0.305 e. The van der Waals surface area contributed by atoms with Gasteiger partial charge < -0.3 is 5.32 Å². The standard InChI is InChI=1S/C14H15F2N3/c1-3-17-14(13-6-7-18-9(2)19-13)11-8-10(15)4-5-12(11)16/h4-8,14,17H,3H2,1-2H3. The Morgan fingerprint density at radius 1 is 1.26 bits per heavy atom. The van der Waals surface area contributed by atoms with E-state index in [1.165, 1.54) is 6.07 Å². The number of hydrogen-bond donors (Lipinski definition) is 1. The normalized spacial score (nSPS) is 12.4. The lowest BCUT2D eigenvalue weighted by atomic mass is 10.0. The Morgan fingerprint density at radius 3 is 2.74 bits per heavy atom. The number of benzene rings is 1. The first-order chi connectivity index (χ1) is 9.11. The molecule has 5 heteroatoms. The zero-order chi connectivity index (χ0) is 13.8. The summed E-state index contributed by atoms with van der Waals surface area (Å²) in [5, 5.41) is 3.11. The van der Waals surface area contributed by atoms with Crippen molar-refractivity contribution in [1.29, 1.82) is 0 Å². The van der Waals surface area contributed by atoms with Crippen molar-refractivity contribution in [2.75, 3.05) is 6.54 Å². The molecule has 1 atom stereocenters. The molecule has 2 aromatic rings. The third-order valence-electron chi connectivity index (χ3n) is 2.77. The van der Waals surface area contributed by atoms with E-state index in [0.717, 1.165) is 12.1 Å². The van der Waals surface area contributed by atoms with E-state index in [9.17, 15) is 8.78 Å². The molecule has 0 saturated heterocycles. The number of rotatable bonds is 4. The highest BCUT2D eigenvalue weighted by atomic mass is 19.1. The fraction of sp³-hybridized carbons (Fsp3) is 0.286. The van der Waals surface area contributed by atoms with Gasteiger partial charge in [-0.2, -0.15) is 0 Å². The van der Waals surface area contributed by atoms with E-state index in [4.69, 9.17) is 0 Å². The second-order valence-electron chi connectivity index (χ2n) is 4.19. The van der Waals surface area contributed by atoms with Crippen molar-refractivity contribution in [3.8, 4) is 0 Å². The van der Waals surface area contributed by atoms with Crippen molar-refractivity contribution in [3.63, 3.8) is 0 Å². The maximum atomic E-state index is 13.9. The zero-order valence-corrected chi connectivity index (χ0v) is 10.8. The first-order valence-electron chi connectivity index (χ1n) is 6.09. The van der Waals surface area contributed by atoms with Gasteiger partial charge in [0, 0.05) is 11.8 Å². The monoisotopic (exact) mass is 263 g/mol. The topological polar surface area (TPSA) is 37.8 Å². The van der Waals surface area contributed by atoms with E-state index in [-0.39, 0.29) is 5.56 Å². The van der Waals surface area contributed by atoms with Crippen LogP contribution in [0.15, 0.2) is 30.5 Å². The van der Waals surface area contributed by atoms with Gasteiger partial charge in [0.05, 0.1) is 11.7 Å². The lowest BCUT2D eigenvalue weighted by Gasteiger charge is -2.18. The third kappa shape index (κ3) is 3.12. The second kappa shape index (κ2) is 5.84. The smallest absolute Gasteiger partial charge is 0.128 e. The van der Waals surface area contributed by atoms with E-state index < -0.39 is 17.7 Å². The van der Waals surface area contributed by atoms with Gasteiger partial charge in [-0.25, -0.2) is 18.7 Å². The van der Waals surface area contributed by atoms with Crippen LogP contribution in [-0.2, 0) is 0 Å². The molecule has 0 saturated carbocycles. The Bertz CT molecular complexity index is 572. The summed E-state index contributed by atoms with van der Waals surface area (Å²) in [4.78, 5) is 8.29. The molecule has 19 heavy (non-hydrogen) atoms. The predicted octanol–water partition coefficient (Wildman–Crippen LogP) is 2.76. The molecule has 0 aliphatic heterocycles. The molecule has 1 heterocycles. The number of nitrogens with one attached hydrogen (secondary N) is 1. The molecule has 0 spiro atoms. The summed E-state index contributed by atoms with van der Waals surface area (Å²) in [6, 6.07) is 4.64. The van der Waals surface area contributed by atoms with E-state index in [1.54, 1.807) is 19.2 Å². The minimum absolute atomic E-state index is 0.250. The Kier molecular flexibility index (Phi) is 4.16. The molecule has 0 radical (unpaired) electrons. The van der Waals surface area contributed by atoms with Gasteiger partial charge in [0.25, 0.3) is 0 Å². The van der Waals surface area contributed by atoms with Crippen molar-refractivity contribution < 1.29 is 8.78 Å². The average Bonchev–Trinajstić information content (AvgIpc) is 2.39. The molecule has 0 aliphatic rings. The zero-order valence-electron chi connectivity index (χ0n) is 10.8. The highest BCUT2D eigenvalue weighted by Crippen LogP contribution is 2.23. The van der Waals surface area contributed by atoms with Crippen molar-refractivity contribution in [2.45, 2.75) is 19.9 Å². The quantitative estimate of drug-likeness (QED) is 0.921. The van der Waals surface area contributed by atoms with Crippen LogP contribution in [-0.4, -0.2) is 16.5 Å². The van der Waals surface area contributed by atoms with Crippen LogP contribution in [0.3, 0.4) is 0 Å². The van der Waals surface area contributed by atoms with Gasteiger partial charge in [-0.1, -0.05) is 6.92 Å². The minimum atomic E-state index is -0.484. The van der Waals surface area contributed by atoms with E-state index in [0.29, 0.717) is 18.1 Å². The molecule has 0 fully saturated rings. The molecule has 0 aliphatic carbocycles. The van der Waals surface area contributed by atoms with Crippen LogP contribution in [0, 0.1) is 18.6 Å². The number of aryl methyl sites for hydroxylation is 1. The van der Waals surface area contributed by atoms with Crippen molar-refractivity contribution in [3.05, 3.63) is 59.2 Å². The Hall–Kier alpha value is -1.88. The molecule has 100 valence electrons. The summed E-state index contributed by atoms with van der Waals surface area (Å²) < 4.78 is 27.2. The predicted molar refractivity (Wildman–Crippen MR) is 68.6 cm³/mol. The SMILES string of the molecule is CCNC(c1ccnc(C)n1)c1cc(F)ccc1F. The van der Waals surface area contributed by atoms with Gasteiger partial charge in [-0.05, 0) is 37.7 Å². The molecular weight excluding hydrogens is 248 g/mol. The molecular formula is C14H15F2N3. The first-order valence-corrected chi connectivity index (χ1v) is 6.09. The van der Waals surface area contributed by atoms with Gasteiger partial charge in [0.2, 0.25) is 0 Å². The molecule has 1 N–H and O–H groups in total. The Balaban J connectivity index is 2.48. The molecule has 1 aromatic carbocycles. The lowest BCUT2D eigenvalue weighted by molar-refractivity contribution is 0.538. The fourth-order valence-electron chi connectivity index (χ4n) is 1.95. The van der Waals surface area contributed by atoms with Crippen LogP contribution in [0.4, 0.5) is 8.78 Å². The summed E-state index contributed by atoms with van der Waals surface area (Å²) >= 11 is 0. The van der Waals surface area contributed by atoms with Gasteiger partial charge in [-0.3, -0.25) is 0 Å². The molecule has 0 bridgehead atoms. The highest BCUT2D eigenvalue weighted by molar-refractivity contribution is 5.29. The average molecular weight is 263 g/mol. The van der Waals surface area contributed by atoms with Crippen LogP contribution < -0.4 is 5.32 Å². The van der Waals surface area contributed by atoms with Crippen molar-refractivity contribution >= 4 is 0 Å². The summed E-state index contributed by atoms with van der Waals surface area (Å²) in [5.41, 5.74) is 0.874. The largest absolute Gasteiger partial charge is 0.305 e. The van der Waals surface area contributed by atoms with E-state index >= 15 is 0 Å². The Labute approximate surface area is 110 Å². The van der Waals surface area contributed by atoms with Gasteiger partial charge in [0.15, 0.2) is 0 Å². The van der Waals surface area contributed by atoms with Crippen LogP contribution >= 0.6 is 0 Å². The molecule has 1 aromatic heterocycles. The van der Waals surface area contributed by atoms with Crippen molar-refractivity contribution in [1.82, 2.24) is 15.3 Å². The van der Waals surface area contributed by atoms with Crippen LogP contribution in [0.5, 0.6) is 0 Å². The van der Waals surface area contributed by atoms with Crippen LogP contribution in [0.25, 0.3) is 0 Å². The number of hydrogen-bond acceptors (Lipinski definition) is 3. The number of halogens is 2.